The van der Waals surface area contributed by atoms with Crippen molar-refractivity contribution in [1.29, 1.82) is 0 Å². The Labute approximate surface area is 106 Å². The van der Waals surface area contributed by atoms with Crippen LogP contribution in [0.4, 0.5) is 0 Å². The molecule has 0 aromatic rings. The van der Waals surface area contributed by atoms with E-state index in [0.29, 0.717) is 6.42 Å². The lowest BCUT2D eigenvalue weighted by Gasteiger charge is -2.39. The lowest BCUT2D eigenvalue weighted by molar-refractivity contribution is -0.151. The average Bonchev–Trinajstić information content (AvgIpc) is 2.25. The number of carbonyl (C=O) groups is 2. The molecule has 4 nitrogen and oxygen atoms in total. The minimum atomic E-state index is -1.02. The quantitative estimate of drug-likeness (QED) is 0.755. The molecule has 4 heteroatoms. The zero-order valence-electron chi connectivity index (χ0n) is 10.8. The monoisotopic (exact) mass is 250 g/mol. The van der Waals surface area contributed by atoms with Gasteiger partial charge in [0, 0.05) is 6.08 Å². The highest BCUT2D eigenvalue weighted by atomic mass is 16.4. The summed E-state index contributed by atoms with van der Waals surface area (Å²) in [5.41, 5.74) is -0.625. The second-order valence-corrected chi connectivity index (χ2v) is 5.44. The summed E-state index contributed by atoms with van der Waals surface area (Å²) in [6.07, 6.45) is 7.97. The number of carboxylic acid groups (broad SMARTS) is 2. The minimum absolute atomic E-state index is 0.363. The summed E-state index contributed by atoms with van der Waals surface area (Å²) in [4.78, 5) is 21.9. The summed E-state index contributed by atoms with van der Waals surface area (Å²) in [5.74, 6) is -1.88. The summed E-state index contributed by atoms with van der Waals surface area (Å²) in [7, 11) is 0. The van der Waals surface area contributed by atoms with E-state index < -0.39 is 22.8 Å². The molecule has 1 aliphatic carbocycles. The highest BCUT2D eigenvalue weighted by Gasteiger charge is 2.46. The molecule has 0 fully saturated rings. The number of rotatable bonds is 3. The lowest BCUT2D eigenvalue weighted by Crippen LogP contribution is -2.41. The molecule has 0 aromatic heterocycles. The summed E-state index contributed by atoms with van der Waals surface area (Å²) < 4.78 is 0. The lowest BCUT2D eigenvalue weighted by atomic mass is 9.63. The van der Waals surface area contributed by atoms with Crippen LogP contribution >= 0.6 is 0 Å². The van der Waals surface area contributed by atoms with Gasteiger partial charge in [0.1, 0.15) is 0 Å². The second-order valence-electron chi connectivity index (χ2n) is 5.44. The van der Waals surface area contributed by atoms with Gasteiger partial charge in [0.05, 0.1) is 5.41 Å². The van der Waals surface area contributed by atoms with Gasteiger partial charge in [-0.2, -0.15) is 0 Å². The molecule has 1 rings (SSSR count). The molecular weight excluding hydrogens is 232 g/mol. The molecule has 0 unspecified atom stereocenters. The molecular formula is C14H18O4. The maximum atomic E-state index is 11.5. The molecule has 98 valence electrons. The van der Waals surface area contributed by atoms with Crippen LogP contribution in [0.2, 0.25) is 0 Å². The Bertz CT molecular complexity index is 449. The largest absolute Gasteiger partial charge is 0.481 e. The third-order valence-electron chi connectivity index (χ3n) is 3.36. The van der Waals surface area contributed by atoms with E-state index in [1.165, 1.54) is 6.08 Å². The van der Waals surface area contributed by atoms with Gasteiger partial charge in [0.2, 0.25) is 0 Å². The SMILES string of the molecule is CC(C)(C)[C@@]1(C(=O)O)C=CC(/C=C/C(=O)O)=CC1. The standard InChI is InChI=1S/C14H18O4/c1-13(2,3)14(12(17)18)8-6-10(7-9-14)4-5-11(15)16/h4-8H,9H2,1-3H3,(H,15,16)(H,17,18)/b5-4+/t14-/m0/s1. The van der Waals surface area contributed by atoms with Crippen LogP contribution in [0.15, 0.2) is 36.0 Å². The van der Waals surface area contributed by atoms with E-state index in [1.807, 2.05) is 20.8 Å². The smallest absolute Gasteiger partial charge is 0.328 e. The van der Waals surface area contributed by atoms with Crippen molar-refractivity contribution < 1.29 is 19.8 Å². The van der Waals surface area contributed by atoms with E-state index in [-0.39, 0.29) is 0 Å². The van der Waals surface area contributed by atoms with Gasteiger partial charge in [0.25, 0.3) is 0 Å². The fourth-order valence-corrected chi connectivity index (χ4v) is 1.98. The van der Waals surface area contributed by atoms with Gasteiger partial charge in [0.15, 0.2) is 0 Å². The zero-order chi connectivity index (χ0) is 14.0. The fraction of sp³-hybridized carbons (Fsp3) is 0.429. The molecule has 1 atom stereocenters. The number of aliphatic carboxylic acids is 2. The Kier molecular flexibility index (Phi) is 3.79. The van der Waals surface area contributed by atoms with Crippen LogP contribution in [0, 0.1) is 10.8 Å². The van der Waals surface area contributed by atoms with Crippen molar-refractivity contribution in [3.8, 4) is 0 Å². The minimum Gasteiger partial charge on any atom is -0.481 e. The number of hydrogen-bond acceptors (Lipinski definition) is 2. The molecule has 0 radical (unpaired) electrons. The van der Waals surface area contributed by atoms with Crippen LogP contribution < -0.4 is 0 Å². The molecule has 18 heavy (non-hydrogen) atoms. The van der Waals surface area contributed by atoms with Crippen LogP contribution in [0.5, 0.6) is 0 Å². The van der Waals surface area contributed by atoms with Gasteiger partial charge in [-0.3, -0.25) is 4.79 Å². The van der Waals surface area contributed by atoms with Crippen molar-refractivity contribution in [2.75, 3.05) is 0 Å². The van der Waals surface area contributed by atoms with Gasteiger partial charge in [-0.25, -0.2) is 4.79 Å². The van der Waals surface area contributed by atoms with Crippen LogP contribution in [-0.4, -0.2) is 22.2 Å². The number of hydrogen-bond donors (Lipinski definition) is 2. The maximum Gasteiger partial charge on any atom is 0.328 e. The van der Waals surface area contributed by atoms with Crippen LogP contribution in [0.1, 0.15) is 27.2 Å². The molecule has 0 spiro atoms. The van der Waals surface area contributed by atoms with Gasteiger partial charge < -0.3 is 10.2 Å². The number of allylic oxidation sites excluding steroid dienone is 4. The average molecular weight is 250 g/mol. The van der Waals surface area contributed by atoms with Gasteiger partial charge in [-0.15, -0.1) is 0 Å². The van der Waals surface area contributed by atoms with Crippen molar-refractivity contribution in [1.82, 2.24) is 0 Å². The Morgan fingerprint density at radius 1 is 1.33 bits per heavy atom. The zero-order valence-corrected chi connectivity index (χ0v) is 10.8. The molecule has 2 N–H and O–H groups in total. The van der Waals surface area contributed by atoms with Crippen molar-refractivity contribution in [2.24, 2.45) is 10.8 Å². The first-order valence-electron chi connectivity index (χ1n) is 5.73. The summed E-state index contributed by atoms with van der Waals surface area (Å²) >= 11 is 0. The molecule has 0 saturated carbocycles. The Hall–Kier alpha value is -1.84. The third-order valence-corrected chi connectivity index (χ3v) is 3.36. The molecule has 0 saturated heterocycles. The van der Waals surface area contributed by atoms with Crippen molar-refractivity contribution in [2.45, 2.75) is 27.2 Å². The van der Waals surface area contributed by atoms with Crippen molar-refractivity contribution >= 4 is 11.9 Å². The molecule has 1 aliphatic rings. The Balaban J connectivity index is 2.99. The molecule has 0 amide bonds. The van der Waals surface area contributed by atoms with Gasteiger partial charge in [-0.05, 0) is 23.5 Å². The fourth-order valence-electron chi connectivity index (χ4n) is 1.98. The molecule has 0 aromatic carbocycles. The normalized spacial score (nSPS) is 24.1. The predicted molar refractivity (Wildman–Crippen MR) is 68.1 cm³/mol. The van der Waals surface area contributed by atoms with Crippen LogP contribution in [-0.2, 0) is 9.59 Å². The second kappa shape index (κ2) is 4.80. The predicted octanol–water partition coefficient (Wildman–Crippen LogP) is 2.63. The van der Waals surface area contributed by atoms with E-state index in [2.05, 4.69) is 0 Å². The van der Waals surface area contributed by atoms with Gasteiger partial charge in [-0.1, -0.05) is 39.0 Å². The van der Waals surface area contributed by atoms with Crippen molar-refractivity contribution in [3.63, 3.8) is 0 Å². The summed E-state index contributed by atoms with van der Waals surface area (Å²) in [6.45, 7) is 5.66. The molecule has 0 aliphatic heterocycles. The van der Waals surface area contributed by atoms with Crippen LogP contribution in [0.25, 0.3) is 0 Å². The van der Waals surface area contributed by atoms with E-state index in [4.69, 9.17) is 5.11 Å². The van der Waals surface area contributed by atoms with E-state index in [1.54, 1.807) is 18.2 Å². The summed E-state index contributed by atoms with van der Waals surface area (Å²) in [6, 6.07) is 0. The van der Waals surface area contributed by atoms with E-state index >= 15 is 0 Å². The summed E-state index contributed by atoms with van der Waals surface area (Å²) in [5, 5.41) is 18.0. The topological polar surface area (TPSA) is 74.6 Å². The third kappa shape index (κ3) is 2.70. The first-order chi connectivity index (χ1) is 8.19. The highest BCUT2D eigenvalue weighted by molar-refractivity contribution is 5.81. The van der Waals surface area contributed by atoms with E-state index in [0.717, 1.165) is 11.6 Å². The Morgan fingerprint density at radius 2 is 1.94 bits per heavy atom. The first-order valence-corrected chi connectivity index (χ1v) is 5.73. The molecule has 0 bridgehead atoms. The van der Waals surface area contributed by atoms with E-state index in [9.17, 15) is 14.7 Å². The van der Waals surface area contributed by atoms with Gasteiger partial charge >= 0.3 is 11.9 Å². The maximum absolute atomic E-state index is 11.5. The highest BCUT2D eigenvalue weighted by Crippen LogP contribution is 2.45. The Morgan fingerprint density at radius 3 is 2.28 bits per heavy atom. The first kappa shape index (κ1) is 14.2. The molecule has 0 heterocycles. The van der Waals surface area contributed by atoms with Crippen LogP contribution in [0.3, 0.4) is 0 Å². The van der Waals surface area contributed by atoms with Crippen molar-refractivity contribution in [3.05, 3.63) is 36.0 Å². The number of carboxylic acids is 2.